The highest BCUT2D eigenvalue weighted by molar-refractivity contribution is 5.75. The molecule has 5 nitrogen and oxygen atoms in total. The van der Waals surface area contributed by atoms with Crippen LogP contribution < -0.4 is 4.74 Å². The number of esters is 1. The maximum absolute atomic E-state index is 12.7. The second-order valence-electron chi connectivity index (χ2n) is 8.35. The lowest BCUT2D eigenvalue weighted by Gasteiger charge is -2.44. The SMILES string of the molecule is COc1ccc([C@@H](O)C(=O)O[C@@H]2C[C@H](C)CC[C@H]2C(C)(C)c2ccccc2)o1. The zero-order chi connectivity index (χ0) is 20.3. The minimum absolute atomic E-state index is 0.129. The van der Waals surface area contributed by atoms with Gasteiger partial charge in [0.05, 0.1) is 7.11 Å². The standard InChI is InChI=1S/C23H30O5/c1-15-10-11-17(23(2,3)16-8-6-5-7-9-16)19(14-15)28-22(25)21(24)18-12-13-20(26-4)27-18/h5-9,12-13,15,17,19,21,24H,10-11,14H2,1-4H3/t15-,17-,19-,21-/m1/s1. The van der Waals surface area contributed by atoms with E-state index >= 15 is 0 Å². The topological polar surface area (TPSA) is 68.9 Å². The van der Waals surface area contributed by atoms with Crippen LogP contribution in [0.3, 0.4) is 0 Å². The highest BCUT2D eigenvalue weighted by Crippen LogP contribution is 2.44. The molecular formula is C23H30O5. The zero-order valence-electron chi connectivity index (χ0n) is 17.1. The molecule has 1 aromatic carbocycles. The number of carbonyl (C=O) groups excluding carboxylic acids is 1. The Bertz CT molecular complexity index is 779. The van der Waals surface area contributed by atoms with Gasteiger partial charge >= 0.3 is 5.97 Å². The summed E-state index contributed by atoms with van der Waals surface area (Å²) >= 11 is 0. The molecule has 28 heavy (non-hydrogen) atoms. The first-order valence-corrected chi connectivity index (χ1v) is 9.90. The lowest BCUT2D eigenvalue weighted by Crippen LogP contribution is -2.44. The smallest absolute Gasteiger partial charge is 0.343 e. The van der Waals surface area contributed by atoms with Gasteiger partial charge in [0.1, 0.15) is 11.9 Å². The van der Waals surface area contributed by atoms with E-state index in [0.29, 0.717) is 5.92 Å². The molecule has 0 saturated heterocycles. The maximum atomic E-state index is 12.7. The molecule has 0 amide bonds. The van der Waals surface area contributed by atoms with Crippen LogP contribution in [0.4, 0.5) is 0 Å². The van der Waals surface area contributed by atoms with Gasteiger partial charge in [0.2, 0.25) is 6.10 Å². The van der Waals surface area contributed by atoms with Crippen molar-refractivity contribution in [1.82, 2.24) is 0 Å². The Morgan fingerprint density at radius 3 is 2.54 bits per heavy atom. The highest BCUT2D eigenvalue weighted by Gasteiger charge is 2.42. The third-order valence-corrected chi connectivity index (χ3v) is 6.06. The molecule has 1 aliphatic rings. The fourth-order valence-electron chi connectivity index (χ4n) is 4.29. The van der Waals surface area contributed by atoms with Crippen molar-refractivity contribution >= 4 is 5.97 Å². The molecule has 4 atom stereocenters. The summed E-state index contributed by atoms with van der Waals surface area (Å²) in [5, 5.41) is 10.4. The number of carbonyl (C=O) groups is 1. The van der Waals surface area contributed by atoms with E-state index in [2.05, 4.69) is 32.9 Å². The fraction of sp³-hybridized carbons (Fsp3) is 0.522. The number of aliphatic hydroxyl groups excluding tert-OH is 1. The van der Waals surface area contributed by atoms with Crippen LogP contribution in [0, 0.1) is 11.8 Å². The van der Waals surface area contributed by atoms with Gasteiger partial charge in [-0.25, -0.2) is 4.79 Å². The fourth-order valence-corrected chi connectivity index (χ4v) is 4.29. The van der Waals surface area contributed by atoms with E-state index in [-0.39, 0.29) is 29.1 Å². The third kappa shape index (κ3) is 4.25. The molecule has 1 heterocycles. The molecule has 1 fully saturated rings. The lowest BCUT2D eigenvalue weighted by molar-refractivity contribution is -0.168. The first kappa shape index (κ1) is 20.5. The summed E-state index contributed by atoms with van der Waals surface area (Å²) in [6, 6.07) is 13.4. The summed E-state index contributed by atoms with van der Waals surface area (Å²) < 4.78 is 16.1. The van der Waals surface area contributed by atoms with Gasteiger partial charge in [-0.1, -0.05) is 57.5 Å². The first-order valence-electron chi connectivity index (χ1n) is 9.90. The number of hydrogen-bond acceptors (Lipinski definition) is 5. The molecule has 1 saturated carbocycles. The number of ether oxygens (including phenoxy) is 2. The summed E-state index contributed by atoms with van der Waals surface area (Å²) in [4.78, 5) is 12.7. The largest absolute Gasteiger partial charge is 0.468 e. The monoisotopic (exact) mass is 386 g/mol. The number of methoxy groups -OCH3 is 1. The van der Waals surface area contributed by atoms with E-state index in [4.69, 9.17) is 13.9 Å². The Morgan fingerprint density at radius 2 is 1.89 bits per heavy atom. The molecule has 1 aromatic heterocycles. The lowest BCUT2D eigenvalue weighted by atomic mass is 9.64. The second-order valence-corrected chi connectivity index (χ2v) is 8.35. The molecule has 1 N–H and O–H groups in total. The Kier molecular flexibility index (Phi) is 6.14. The highest BCUT2D eigenvalue weighted by atomic mass is 16.6. The van der Waals surface area contributed by atoms with Crippen molar-refractivity contribution in [2.45, 2.75) is 57.7 Å². The first-order chi connectivity index (χ1) is 13.3. The van der Waals surface area contributed by atoms with Crippen LogP contribution in [0.15, 0.2) is 46.9 Å². The predicted octanol–water partition coefficient (Wildman–Crippen LogP) is 4.65. The Morgan fingerprint density at radius 1 is 1.18 bits per heavy atom. The predicted molar refractivity (Wildman–Crippen MR) is 106 cm³/mol. The van der Waals surface area contributed by atoms with Crippen molar-refractivity contribution in [3.8, 4) is 5.95 Å². The molecular weight excluding hydrogens is 356 g/mol. The van der Waals surface area contributed by atoms with Gasteiger partial charge in [0.15, 0.2) is 0 Å². The van der Waals surface area contributed by atoms with Crippen LogP contribution >= 0.6 is 0 Å². The quantitative estimate of drug-likeness (QED) is 0.732. The van der Waals surface area contributed by atoms with Gasteiger partial charge in [0.25, 0.3) is 5.95 Å². The van der Waals surface area contributed by atoms with Crippen LogP contribution in [0.1, 0.15) is 57.5 Å². The molecule has 1 aliphatic carbocycles. The minimum Gasteiger partial charge on any atom is -0.468 e. The van der Waals surface area contributed by atoms with Crippen LogP contribution in [0.5, 0.6) is 5.95 Å². The molecule has 0 aliphatic heterocycles. The average Bonchev–Trinajstić information content (AvgIpc) is 3.17. The van der Waals surface area contributed by atoms with Gasteiger partial charge in [-0.15, -0.1) is 0 Å². The molecule has 0 spiro atoms. The van der Waals surface area contributed by atoms with Crippen molar-refractivity contribution in [1.29, 1.82) is 0 Å². The number of aliphatic hydroxyl groups is 1. The van der Waals surface area contributed by atoms with E-state index in [1.807, 2.05) is 18.2 Å². The van der Waals surface area contributed by atoms with E-state index < -0.39 is 12.1 Å². The van der Waals surface area contributed by atoms with Crippen LogP contribution in [-0.4, -0.2) is 24.3 Å². The Balaban J connectivity index is 1.77. The molecule has 0 bridgehead atoms. The average molecular weight is 386 g/mol. The number of benzene rings is 1. The van der Waals surface area contributed by atoms with Crippen molar-refractivity contribution < 1.29 is 23.8 Å². The molecule has 0 radical (unpaired) electrons. The summed E-state index contributed by atoms with van der Waals surface area (Å²) in [5.74, 6) is 0.348. The molecule has 152 valence electrons. The molecule has 3 rings (SSSR count). The van der Waals surface area contributed by atoms with Gasteiger partial charge in [0, 0.05) is 12.0 Å². The van der Waals surface area contributed by atoms with Gasteiger partial charge in [-0.05, 0) is 35.8 Å². The summed E-state index contributed by atoms with van der Waals surface area (Å²) in [6.07, 6.45) is 1.17. The number of rotatable bonds is 6. The molecule has 5 heteroatoms. The molecule has 0 unspecified atom stereocenters. The van der Waals surface area contributed by atoms with Crippen molar-refractivity contribution in [3.63, 3.8) is 0 Å². The van der Waals surface area contributed by atoms with Gasteiger partial charge in [-0.2, -0.15) is 0 Å². The van der Waals surface area contributed by atoms with Crippen LogP contribution in [0.2, 0.25) is 0 Å². The Hall–Kier alpha value is -2.27. The van der Waals surface area contributed by atoms with Gasteiger partial charge < -0.3 is 19.0 Å². The summed E-state index contributed by atoms with van der Waals surface area (Å²) in [6.45, 7) is 6.59. The maximum Gasteiger partial charge on any atom is 0.343 e. The van der Waals surface area contributed by atoms with Crippen molar-refractivity contribution in [3.05, 3.63) is 53.8 Å². The van der Waals surface area contributed by atoms with Crippen molar-refractivity contribution in [2.75, 3.05) is 7.11 Å². The summed E-state index contributed by atoms with van der Waals surface area (Å²) in [7, 11) is 1.47. The van der Waals surface area contributed by atoms with Crippen LogP contribution in [0.25, 0.3) is 0 Å². The summed E-state index contributed by atoms with van der Waals surface area (Å²) in [5.41, 5.74) is 1.08. The minimum atomic E-state index is -1.46. The van der Waals surface area contributed by atoms with Crippen molar-refractivity contribution in [2.24, 2.45) is 11.8 Å². The van der Waals surface area contributed by atoms with E-state index in [1.165, 1.54) is 18.7 Å². The number of hydrogen-bond donors (Lipinski definition) is 1. The third-order valence-electron chi connectivity index (χ3n) is 6.06. The van der Waals surface area contributed by atoms with E-state index in [9.17, 15) is 9.90 Å². The van der Waals surface area contributed by atoms with E-state index in [1.54, 1.807) is 6.07 Å². The van der Waals surface area contributed by atoms with Crippen LogP contribution in [-0.2, 0) is 14.9 Å². The second kappa shape index (κ2) is 8.39. The Labute approximate surface area is 166 Å². The zero-order valence-corrected chi connectivity index (χ0v) is 17.1. The van der Waals surface area contributed by atoms with E-state index in [0.717, 1.165) is 19.3 Å². The normalized spacial score (nSPS) is 23.8. The number of furan rings is 1. The van der Waals surface area contributed by atoms with Gasteiger partial charge in [-0.3, -0.25) is 0 Å². The molecule has 2 aromatic rings.